The Morgan fingerprint density at radius 1 is 1.57 bits per heavy atom. The summed E-state index contributed by atoms with van der Waals surface area (Å²) < 4.78 is 22.8. The molecule has 1 rings (SSSR count). The summed E-state index contributed by atoms with van der Waals surface area (Å²) >= 11 is -2.61. The Hall–Kier alpha value is 0.260. The molecule has 1 heterocycles. The van der Waals surface area contributed by atoms with E-state index in [2.05, 4.69) is 10.7 Å². The van der Waals surface area contributed by atoms with Gasteiger partial charge in [0.05, 0.1) is 6.67 Å². The topological polar surface area (TPSA) is 128 Å². The van der Waals surface area contributed by atoms with Crippen LogP contribution in [0.25, 0.3) is 0 Å². The van der Waals surface area contributed by atoms with Crippen LogP contribution in [0.3, 0.4) is 0 Å². The van der Waals surface area contributed by atoms with E-state index in [1.165, 1.54) is 0 Å². The Labute approximate surface area is 106 Å². The maximum absolute atomic E-state index is 10.2. The molecule has 14 heavy (non-hydrogen) atoms. The number of carbonyl (C=O) groups excluding carboxylic acids is 1. The molecule has 1 aliphatic rings. The van der Waals surface area contributed by atoms with Gasteiger partial charge in [0.1, 0.15) is 0 Å². The molecule has 6 N–H and O–H groups in total. The van der Waals surface area contributed by atoms with Gasteiger partial charge in [0.2, 0.25) is 0 Å². The predicted molar refractivity (Wildman–Crippen MR) is 52.8 cm³/mol. The molecule has 0 bridgehead atoms. The molecule has 1 aliphatic heterocycles. The van der Waals surface area contributed by atoms with Crippen LogP contribution in [0.2, 0.25) is 0 Å². The molecule has 0 radical (unpaired) electrons. The molecule has 0 atom stereocenters. The number of nitrogens with two attached hydrogens (primary N) is 1. The van der Waals surface area contributed by atoms with Crippen LogP contribution < -0.4 is 16.5 Å². The van der Waals surface area contributed by atoms with Crippen molar-refractivity contribution in [2.24, 2.45) is 5.73 Å². The van der Waals surface area contributed by atoms with Gasteiger partial charge < -0.3 is 11.1 Å². The summed E-state index contributed by atoms with van der Waals surface area (Å²) in [5, 5.41) is 4.76. The molecule has 0 aromatic rings. The summed E-state index contributed by atoms with van der Waals surface area (Å²) in [6.07, 6.45) is 0. The Morgan fingerprint density at radius 3 is 2.36 bits per heavy atom. The van der Waals surface area contributed by atoms with Crippen molar-refractivity contribution in [2.75, 3.05) is 19.8 Å². The minimum atomic E-state index is -2.61. The van der Waals surface area contributed by atoms with Gasteiger partial charge in [-0.25, -0.2) is 9.80 Å². The number of amides is 2. The number of hydrogen-bond acceptors (Lipinski definition) is 4. The van der Waals surface area contributed by atoms with Crippen molar-refractivity contribution in [3.05, 3.63) is 0 Å². The summed E-state index contributed by atoms with van der Waals surface area (Å²) in [6.45, 7) is 2.41. The number of urea groups is 1. The van der Waals surface area contributed by atoms with E-state index in [9.17, 15) is 4.79 Å². The van der Waals surface area contributed by atoms with E-state index in [-0.39, 0.29) is 29.6 Å². The SMILES string of the molecule is NC(=O)NN1CCNC1.O=S(O)O.[NaH]. The third-order valence-corrected chi connectivity index (χ3v) is 1.13. The van der Waals surface area contributed by atoms with Crippen molar-refractivity contribution in [1.29, 1.82) is 0 Å². The van der Waals surface area contributed by atoms with Crippen LogP contribution in [-0.2, 0) is 11.4 Å². The van der Waals surface area contributed by atoms with Crippen LogP contribution >= 0.6 is 0 Å². The molecule has 8 nitrogen and oxygen atoms in total. The zero-order valence-corrected chi connectivity index (χ0v) is 7.58. The van der Waals surface area contributed by atoms with Crippen LogP contribution in [0.4, 0.5) is 4.79 Å². The molecule has 10 heteroatoms. The van der Waals surface area contributed by atoms with Gasteiger partial charge in [0, 0.05) is 13.1 Å². The summed E-state index contributed by atoms with van der Waals surface area (Å²) in [5.74, 6) is 0. The summed E-state index contributed by atoms with van der Waals surface area (Å²) in [6, 6.07) is -0.501. The summed E-state index contributed by atoms with van der Waals surface area (Å²) in [7, 11) is 0. The van der Waals surface area contributed by atoms with Gasteiger partial charge in [-0.05, 0) is 0 Å². The second-order valence-corrected chi connectivity index (χ2v) is 2.59. The average molecular weight is 236 g/mol. The molecule has 0 aliphatic carbocycles. The van der Waals surface area contributed by atoms with E-state index in [0.29, 0.717) is 6.67 Å². The standard InChI is InChI=1S/C4H10N4O.Na.H2O3S.H/c5-4(9)7-8-2-1-6-3-8;;1-4(2)3;/h6H,1-3H2,(H3,5,7,9);;(H2,1,2,3);. The number of nitrogens with one attached hydrogen (secondary N) is 2. The monoisotopic (exact) mass is 236 g/mol. The first kappa shape index (κ1) is 16.7. The number of rotatable bonds is 1. The molecule has 2 amide bonds. The van der Waals surface area contributed by atoms with E-state index in [4.69, 9.17) is 19.0 Å². The molecule has 1 fully saturated rings. The molecule has 0 aromatic heterocycles. The van der Waals surface area contributed by atoms with E-state index in [1.807, 2.05) is 0 Å². The maximum atomic E-state index is 10.2. The van der Waals surface area contributed by atoms with Crippen molar-refractivity contribution in [3.8, 4) is 0 Å². The van der Waals surface area contributed by atoms with Crippen molar-refractivity contribution in [1.82, 2.24) is 15.8 Å². The van der Waals surface area contributed by atoms with Gasteiger partial charge >= 0.3 is 35.6 Å². The minimum absolute atomic E-state index is 0. The van der Waals surface area contributed by atoms with Crippen molar-refractivity contribution in [3.63, 3.8) is 0 Å². The van der Waals surface area contributed by atoms with Crippen LogP contribution in [0.1, 0.15) is 0 Å². The normalized spacial score (nSPS) is 15.4. The van der Waals surface area contributed by atoms with Gasteiger partial charge in [0.25, 0.3) is 11.4 Å². The molecular formula is C4H13N4NaO4S. The number of carbonyl (C=O) groups is 1. The van der Waals surface area contributed by atoms with E-state index < -0.39 is 17.4 Å². The van der Waals surface area contributed by atoms with E-state index >= 15 is 0 Å². The second-order valence-electron chi connectivity index (χ2n) is 2.13. The van der Waals surface area contributed by atoms with Crippen molar-refractivity contribution in [2.45, 2.75) is 0 Å². The van der Waals surface area contributed by atoms with E-state index in [1.54, 1.807) is 5.01 Å². The Morgan fingerprint density at radius 2 is 2.07 bits per heavy atom. The van der Waals surface area contributed by atoms with Crippen LogP contribution in [0.15, 0.2) is 0 Å². The molecule has 0 aromatic carbocycles. The molecule has 80 valence electrons. The summed E-state index contributed by atoms with van der Waals surface area (Å²) in [4.78, 5) is 10.2. The quantitative estimate of drug-likeness (QED) is 0.252. The zero-order valence-electron chi connectivity index (χ0n) is 6.77. The molecule has 0 unspecified atom stereocenters. The molecule has 0 saturated carbocycles. The Balaban J connectivity index is 0. The van der Waals surface area contributed by atoms with Crippen molar-refractivity contribution < 1.29 is 18.1 Å². The predicted octanol–water partition coefficient (Wildman–Crippen LogP) is -2.53. The van der Waals surface area contributed by atoms with E-state index in [0.717, 1.165) is 13.1 Å². The number of hydrogen-bond donors (Lipinski definition) is 5. The molecule has 0 spiro atoms. The third kappa shape index (κ3) is 12.3. The third-order valence-electron chi connectivity index (χ3n) is 1.13. The van der Waals surface area contributed by atoms with Crippen LogP contribution in [-0.4, -0.2) is 73.7 Å². The van der Waals surface area contributed by atoms with Crippen LogP contribution in [0.5, 0.6) is 0 Å². The Bertz CT molecular complexity index is 184. The average Bonchev–Trinajstić information content (AvgIpc) is 2.36. The van der Waals surface area contributed by atoms with Gasteiger partial charge in [-0.3, -0.25) is 14.5 Å². The van der Waals surface area contributed by atoms with Gasteiger partial charge in [-0.1, -0.05) is 0 Å². The number of nitrogens with zero attached hydrogens (tertiary/aromatic N) is 1. The Kier molecular flexibility index (Phi) is 11.7. The fourth-order valence-electron chi connectivity index (χ4n) is 0.758. The molecular weight excluding hydrogens is 223 g/mol. The fourth-order valence-corrected chi connectivity index (χ4v) is 0.758. The number of primary amides is 1. The van der Waals surface area contributed by atoms with Gasteiger partial charge in [-0.15, -0.1) is 0 Å². The first-order valence-corrected chi connectivity index (χ1v) is 4.40. The van der Waals surface area contributed by atoms with Crippen LogP contribution in [0, 0.1) is 0 Å². The van der Waals surface area contributed by atoms with Crippen molar-refractivity contribution >= 4 is 46.9 Å². The summed E-state index contributed by atoms with van der Waals surface area (Å²) in [5.41, 5.74) is 7.30. The molecule has 1 saturated heterocycles. The van der Waals surface area contributed by atoms with Gasteiger partial charge in [0.15, 0.2) is 0 Å². The zero-order chi connectivity index (χ0) is 10.3. The first-order chi connectivity index (χ1) is 6.02. The first-order valence-electron chi connectivity index (χ1n) is 3.34. The van der Waals surface area contributed by atoms with Gasteiger partial charge in [-0.2, -0.15) is 4.21 Å². The fraction of sp³-hybridized carbons (Fsp3) is 0.750. The number of hydrazine groups is 1. The second kappa shape index (κ2) is 9.80.